The first-order chi connectivity index (χ1) is 25.3. The molecule has 0 bridgehead atoms. The molecule has 2 heteroatoms. The summed E-state index contributed by atoms with van der Waals surface area (Å²) in [5.74, 6) is 0. The molecule has 9 aromatic rings. The van der Waals surface area contributed by atoms with Gasteiger partial charge < -0.3 is 9.47 Å². The van der Waals surface area contributed by atoms with Crippen LogP contribution in [0, 0.1) is 0 Å². The van der Waals surface area contributed by atoms with Gasteiger partial charge in [0, 0.05) is 33.5 Å². The fourth-order valence-corrected chi connectivity index (χ4v) is 7.98. The maximum atomic E-state index is 2.42. The molecule has 0 saturated heterocycles. The number of benzene rings is 8. The van der Waals surface area contributed by atoms with Crippen LogP contribution in [0.25, 0.3) is 60.9 Å². The molecule has 0 saturated carbocycles. The Labute approximate surface area is 298 Å². The Morgan fingerprint density at radius 1 is 0.353 bits per heavy atom. The molecule has 1 aromatic heterocycles. The lowest BCUT2D eigenvalue weighted by atomic mass is 10.0. The van der Waals surface area contributed by atoms with Crippen LogP contribution >= 0.6 is 0 Å². The summed E-state index contributed by atoms with van der Waals surface area (Å²) in [6.45, 7) is 0. The van der Waals surface area contributed by atoms with Crippen molar-refractivity contribution in [2.45, 2.75) is 6.42 Å². The van der Waals surface area contributed by atoms with Gasteiger partial charge in [0.05, 0.1) is 11.0 Å². The summed E-state index contributed by atoms with van der Waals surface area (Å²) in [6.07, 6.45) is 0.900. The van der Waals surface area contributed by atoms with Crippen LogP contribution in [-0.2, 0) is 6.42 Å². The highest BCUT2D eigenvalue weighted by molar-refractivity contribution is 6.09. The Morgan fingerprint density at radius 3 is 1.33 bits per heavy atom. The van der Waals surface area contributed by atoms with E-state index >= 15 is 0 Å². The average Bonchev–Trinajstić information content (AvgIpc) is 3.74. The van der Waals surface area contributed by atoms with E-state index in [0.29, 0.717) is 0 Å². The number of hydrogen-bond acceptors (Lipinski definition) is 1. The van der Waals surface area contributed by atoms with Gasteiger partial charge in [-0.2, -0.15) is 0 Å². The molecule has 0 unspecified atom stereocenters. The zero-order chi connectivity index (χ0) is 33.7. The Balaban J connectivity index is 1.04. The van der Waals surface area contributed by atoms with E-state index in [9.17, 15) is 0 Å². The maximum absolute atomic E-state index is 2.42. The van der Waals surface area contributed by atoms with Crippen LogP contribution < -0.4 is 4.90 Å². The van der Waals surface area contributed by atoms with Crippen molar-refractivity contribution in [3.63, 3.8) is 0 Å². The van der Waals surface area contributed by atoms with Gasteiger partial charge >= 0.3 is 0 Å². The first kappa shape index (κ1) is 29.3. The molecule has 0 N–H and O–H groups in total. The first-order valence-electron chi connectivity index (χ1n) is 17.6. The van der Waals surface area contributed by atoms with E-state index in [1.807, 2.05) is 0 Å². The van der Waals surface area contributed by atoms with Crippen LogP contribution in [0.1, 0.15) is 11.1 Å². The van der Waals surface area contributed by atoms with Gasteiger partial charge in [-0.3, -0.25) is 0 Å². The van der Waals surface area contributed by atoms with Crippen molar-refractivity contribution in [2.24, 2.45) is 0 Å². The normalized spacial score (nSPS) is 11.8. The molecule has 0 atom stereocenters. The van der Waals surface area contributed by atoms with Crippen LogP contribution in [-0.4, -0.2) is 4.57 Å². The fraction of sp³-hybridized carbons (Fsp3) is 0.0204. The van der Waals surface area contributed by atoms with Crippen LogP contribution in [0.4, 0.5) is 17.1 Å². The van der Waals surface area contributed by atoms with Gasteiger partial charge in [0.25, 0.3) is 0 Å². The topological polar surface area (TPSA) is 8.17 Å². The van der Waals surface area contributed by atoms with Gasteiger partial charge in [0.15, 0.2) is 0 Å². The summed E-state index contributed by atoms with van der Waals surface area (Å²) in [5, 5.41) is 2.57. The summed E-state index contributed by atoms with van der Waals surface area (Å²) in [5.41, 5.74) is 17.3. The molecule has 0 spiro atoms. The molecular formula is C49H34N2. The zero-order valence-electron chi connectivity index (χ0n) is 28.1. The molecule has 0 radical (unpaired) electrons. The lowest BCUT2D eigenvalue weighted by Gasteiger charge is -2.26. The highest BCUT2D eigenvalue weighted by atomic mass is 15.1. The summed E-state index contributed by atoms with van der Waals surface area (Å²) in [4.78, 5) is 2.39. The lowest BCUT2D eigenvalue weighted by Crippen LogP contribution is -2.10. The second-order valence-electron chi connectivity index (χ2n) is 13.4. The molecule has 0 aliphatic heterocycles. The second-order valence-corrected chi connectivity index (χ2v) is 13.4. The van der Waals surface area contributed by atoms with E-state index < -0.39 is 0 Å². The number of aromatic nitrogens is 1. The van der Waals surface area contributed by atoms with Crippen LogP contribution in [0.2, 0.25) is 0 Å². The minimum Gasteiger partial charge on any atom is -0.310 e. The van der Waals surface area contributed by atoms with Gasteiger partial charge in [-0.15, -0.1) is 0 Å². The third-order valence-electron chi connectivity index (χ3n) is 10.4. The van der Waals surface area contributed by atoms with E-state index in [-0.39, 0.29) is 0 Å². The summed E-state index contributed by atoms with van der Waals surface area (Å²) in [7, 11) is 0. The van der Waals surface area contributed by atoms with Crippen molar-refractivity contribution in [1.29, 1.82) is 0 Å². The quantitative estimate of drug-likeness (QED) is 0.174. The standard InChI is InChI=1S/C49H34N2/c1-3-11-34(12-4-1)36-19-23-40(24-20-36)50(41-25-21-37(22-26-41)35-13-5-2-6-14-35)42-27-29-44-38(32-42)31-39-33-43(28-30-45(39)44)51-48-17-9-7-15-46(48)47-16-8-10-18-49(47)51/h1-30,32-33H,31H2. The molecule has 10 rings (SSSR count). The number of anilines is 3. The van der Waals surface area contributed by atoms with E-state index in [4.69, 9.17) is 0 Å². The van der Waals surface area contributed by atoms with E-state index in [2.05, 4.69) is 204 Å². The van der Waals surface area contributed by atoms with Crippen LogP contribution in [0.3, 0.4) is 0 Å². The van der Waals surface area contributed by atoms with Gasteiger partial charge in [-0.05, 0) is 112 Å². The van der Waals surface area contributed by atoms with Gasteiger partial charge in [-0.25, -0.2) is 0 Å². The van der Waals surface area contributed by atoms with Crippen molar-refractivity contribution in [3.05, 3.63) is 205 Å². The van der Waals surface area contributed by atoms with E-state index in [1.165, 1.54) is 72.0 Å². The smallest absolute Gasteiger partial charge is 0.0541 e. The second kappa shape index (κ2) is 12.0. The highest BCUT2D eigenvalue weighted by Crippen LogP contribution is 2.44. The third-order valence-corrected chi connectivity index (χ3v) is 10.4. The SMILES string of the molecule is c1ccc(-c2ccc(N(c3ccc(-c4ccccc4)cc3)c3ccc4c(c3)Cc3cc(-n5c6ccccc6c6ccccc65)ccc3-4)cc2)cc1. The molecule has 240 valence electrons. The molecule has 1 aliphatic rings. The predicted octanol–water partition coefficient (Wildman–Crippen LogP) is 13.2. The zero-order valence-corrected chi connectivity index (χ0v) is 28.1. The molecule has 1 heterocycles. The number of nitrogens with zero attached hydrogens (tertiary/aromatic N) is 2. The average molecular weight is 651 g/mol. The molecule has 0 fully saturated rings. The Kier molecular flexibility index (Phi) is 6.92. The number of fused-ring (bicyclic) bond motifs is 6. The van der Waals surface area contributed by atoms with Gasteiger partial charge in [0.1, 0.15) is 0 Å². The maximum Gasteiger partial charge on any atom is 0.0541 e. The predicted molar refractivity (Wildman–Crippen MR) is 215 cm³/mol. The third kappa shape index (κ3) is 5.04. The first-order valence-corrected chi connectivity index (χ1v) is 17.6. The molecule has 8 aromatic carbocycles. The van der Waals surface area contributed by atoms with Crippen molar-refractivity contribution in [1.82, 2.24) is 4.57 Å². The number of rotatable bonds is 6. The minimum atomic E-state index is 0.900. The summed E-state index contributed by atoms with van der Waals surface area (Å²) in [6, 6.07) is 70.6. The minimum absolute atomic E-state index is 0.900. The Morgan fingerprint density at radius 2 is 0.784 bits per heavy atom. The van der Waals surface area contributed by atoms with Crippen molar-refractivity contribution < 1.29 is 0 Å². The van der Waals surface area contributed by atoms with Crippen LogP contribution in [0.5, 0.6) is 0 Å². The molecule has 1 aliphatic carbocycles. The van der Waals surface area contributed by atoms with E-state index in [1.54, 1.807) is 0 Å². The molecule has 0 amide bonds. The van der Waals surface area contributed by atoms with Gasteiger partial charge in [-0.1, -0.05) is 133 Å². The highest BCUT2D eigenvalue weighted by Gasteiger charge is 2.23. The molecule has 51 heavy (non-hydrogen) atoms. The summed E-state index contributed by atoms with van der Waals surface area (Å²) < 4.78 is 2.42. The van der Waals surface area contributed by atoms with Crippen molar-refractivity contribution >= 4 is 38.9 Å². The monoisotopic (exact) mass is 650 g/mol. The molecular weight excluding hydrogens is 617 g/mol. The number of hydrogen-bond donors (Lipinski definition) is 0. The van der Waals surface area contributed by atoms with Crippen LogP contribution in [0.15, 0.2) is 194 Å². The largest absolute Gasteiger partial charge is 0.310 e. The Bertz CT molecular complexity index is 2550. The number of para-hydroxylation sites is 2. The lowest BCUT2D eigenvalue weighted by molar-refractivity contribution is 1.16. The Hall–Kier alpha value is -6.64. The summed E-state index contributed by atoms with van der Waals surface area (Å²) >= 11 is 0. The van der Waals surface area contributed by atoms with Gasteiger partial charge in [0.2, 0.25) is 0 Å². The molecule has 2 nitrogen and oxygen atoms in total. The van der Waals surface area contributed by atoms with Crippen molar-refractivity contribution in [3.8, 4) is 39.1 Å². The fourth-order valence-electron chi connectivity index (χ4n) is 7.98. The van der Waals surface area contributed by atoms with Crippen molar-refractivity contribution in [2.75, 3.05) is 4.90 Å². The van der Waals surface area contributed by atoms with E-state index in [0.717, 1.165) is 23.5 Å².